The van der Waals surface area contributed by atoms with E-state index in [0.717, 1.165) is 18.2 Å². The standard InChI is InChI=1S/C13H10F2N2O3/c14-9-2-3-11(12(6-9)17(19)20)16-7-8-1-4-13(18)10(15)5-8/h1-6,16,18H,7H2. The maximum Gasteiger partial charge on any atom is 0.295 e. The summed E-state index contributed by atoms with van der Waals surface area (Å²) in [6.07, 6.45) is 0. The molecule has 0 heterocycles. The molecule has 2 aromatic carbocycles. The Morgan fingerprint density at radius 3 is 2.60 bits per heavy atom. The third kappa shape index (κ3) is 3.00. The van der Waals surface area contributed by atoms with Gasteiger partial charge in [-0.15, -0.1) is 0 Å². The lowest BCUT2D eigenvalue weighted by molar-refractivity contribution is -0.384. The number of rotatable bonds is 4. The molecule has 0 aromatic heterocycles. The van der Waals surface area contributed by atoms with Crippen molar-refractivity contribution in [2.24, 2.45) is 0 Å². The van der Waals surface area contributed by atoms with Crippen molar-refractivity contribution in [1.82, 2.24) is 0 Å². The van der Waals surface area contributed by atoms with Gasteiger partial charge < -0.3 is 10.4 Å². The van der Waals surface area contributed by atoms with Crippen molar-refractivity contribution in [3.63, 3.8) is 0 Å². The Morgan fingerprint density at radius 1 is 1.20 bits per heavy atom. The van der Waals surface area contributed by atoms with Crippen molar-refractivity contribution in [2.75, 3.05) is 5.32 Å². The van der Waals surface area contributed by atoms with E-state index in [1.165, 1.54) is 18.2 Å². The summed E-state index contributed by atoms with van der Waals surface area (Å²) in [5.74, 6) is -1.96. The van der Waals surface area contributed by atoms with Gasteiger partial charge in [0.25, 0.3) is 5.69 Å². The second-order valence-electron chi connectivity index (χ2n) is 4.06. The van der Waals surface area contributed by atoms with Gasteiger partial charge in [-0.25, -0.2) is 8.78 Å². The monoisotopic (exact) mass is 280 g/mol. The highest BCUT2D eigenvalue weighted by molar-refractivity contribution is 5.61. The van der Waals surface area contributed by atoms with Crippen LogP contribution < -0.4 is 5.32 Å². The quantitative estimate of drug-likeness (QED) is 0.666. The number of nitrogens with zero attached hydrogens (tertiary/aromatic N) is 1. The van der Waals surface area contributed by atoms with E-state index in [1.54, 1.807) is 0 Å². The van der Waals surface area contributed by atoms with E-state index in [2.05, 4.69) is 5.32 Å². The van der Waals surface area contributed by atoms with Crippen molar-refractivity contribution < 1.29 is 18.8 Å². The fraction of sp³-hybridized carbons (Fsp3) is 0.0769. The van der Waals surface area contributed by atoms with E-state index in [9.17, 15) is 18.9 Å². The predicted molar refractivity (Wildman–Crippen MR) is 68.4 cm³/mol. The summed E-state index contributed by atoms with van der Waals surface area (Å²) in [6.45, 7) is 0.101. The molecule has 0 atom stereocenters. The van der Waals surface area contributed by atoms with Crippen LogP contribution in [-0.2, 0) is 6.54 Å². The van der Waals surface area contributed by atoms with Crippen molar-refractivity contribution in [3.8, 4) is 5.75 Å². The number of nitro benzene ring substituents is 1. The SMILES string of the molecule is O=[N+]([O-])c1cc(F)ccc1NCc1ccc(O)c(F)c1. The highest BCUT2D eigenvalue weighted by Crippen LogP contribution is 2.26. The summed E-state index contributed by atoms with van der Waals surface area (Å²) in [5, 5.41) is 22.6. The fourth-order valence-corrected chi connectivity index (χ4v) is 1.66. The topological polar surface area (TPSA) is 75.4 Å². The number of phenols is 1. The number of aromatic hydroxyl groups is 1. The van der Waals surface area contributed by atoms with Crippen molar-refractivity contribution in [1.29, 1.82) is 0 Å². The second kappa shape index (κ2) is 5.52. The Kier molecular flexibility index (Phi) is 3.79. The Bertz CT molecular complexity index is 662. The number of hydrogen-bond donors (Lipinski definition) is 2. The van der Waals surface area contributed by atoms with Crippen molar-refractivity contribution >= 4 is 11.4 Å². The van der Waals surface area contributed by atoms with Gasteiger partial charge in [0, 0.05) is 6.54 Å². The Labute approximate surface area is 112 Å². The number of nitrogens with one attached hydrogen (secondary N) is 1. The maximum atomic E-state index is 13.1. The Hall–Kier alpha value is -2.70. The molecule has 0 saturated heterocycles. The van der Waals surface area contributed by atoms with Crippen molar-refractivity contribution in [2.45, 2.75) is 6.54 Å². The molecular formula is C13H10F2N2O3. The van der Waals surface area contributed by atoms with Gasteiger partial charge in [0.05, 0.1) is 11.0 Å². The fourth-order valence-electron chi connectivity index (χ4n) is 1.66. The summed E-state index contributed by atoms with van der Waals surface area (Å²) in [4.78, 5) is 10.1. The van der Waals surface area contributed by atoms with Crippen LogP contribution in [0.4, 0.5) is 20.2 Å². The molecule has 0 bridgehead atoms. The number of anilines is 1. The molecule has 0 aliphatic rings. The zero-order valence-electron chi connectivity index (χ0n) is 10.1. The average molecular weight is 280 g/mol. The largest absolute Gasteiger partial charge is 0.505 e. The molecule has 0 aliphatic carbocycles. The molecule has 2 N–H and O–H groups in total. The number of hydrogen-bond acceptors (Lipinski definition) is 4. The van der Waals surface area contributed by atoms with Crippen LogP contribution in [-0.4, -0.2) is 10.0 Å². The van der Waals surface area contributed by atoms with Gasteiger partial charge in [-0.2, -0.15) is 0 Å². The zero-order chi connectivity index (χ0) is 14.7. The predicted octanol–water partition coefficient (Wildman–Crippen LogP) is 3.19. The van der Waals surface area contributed by atoms with Crippen LogP contribution >= 0.6 is 0 Å². The summed E-state index contributed by atoms with van der Waals surface area (Å²) >= 11 is 0. The molecule has 5 nitrogen and oxygen atoms in total. The maximum absolute atomic E-state index is 13.1. The lowest BCUT2D eigenvalue weighted by Crippen LogP contribution is -2.03. The second-order valence-corrected chi connectivity index (χ2v) is 4.06. The summed E-state index contributed by atoms with van der Waals surface area (Å²) < 4.78 is 26.1. The molecule has 0 amide bonds. The van der Waals surface area contributed by atoms with E-state index in [-0.39, 0.29) is 12.2 Å². The summed E-state index contributed by atoms with van der Waals surface area (Å²) in [5.41, 5.74) is 0.216. The van der Waals surface area contributed by atoms with E-state index < -0.39 is 28.0 Å². The van der Waals surface area contributed by atoms with Crippen LogP contribution in [0.1, 0.15) is 5.56 Å². The first-order chi connectivity index (χ1) is 9.47. The van der Waals surface area contributed by atoms with Crippen LogP contribution in [0.5, 0.6) is 5.75 Å². The molecule has 2 rings (SSSR count). The van der Waals surface area contributed by atoms with E-state index in [0.29, 0.717) is 5.56 Å². The minimum absolute atomic E-state index is 0.101. The van der Waals surface area contributed by atoms with Gasteiger partial charge in [-0.3, -0.25) is 10.1 Å². The molecule has 7 heteroatoms. The van der Waals surface area contributed by atoms with Gasteiger partial charge in [0.2, 0.25) is 0 Å². The third-order valence-electron chi connectivity index (χ3n) is 2.65. The highest BCUT2D eigenvalue weighted by Gasteiger charge is 2.14. The van der Waals surface area contributed by atoms with Crippen LogP contribution in [0, 0.1) is 21.7 Å². The first-order valence-electron chi connectivity index (χ1n) is 5.62. The molecule has 0 spiro atoms. The normalized spacial score (nSPS) is 10.3. The third-order valence-corrected chi connectivity index (χ3v) is 2.65. The van der Waals surface area contributed by atoms with Crippen molar-refractivity contribution in [3.05, 3.63) is 63.7 Å². The lowest BCUT2D eigenvalue weighted by Gasteiger charge is -2.07. The van der Waals surface area contributed by atoms with Gasteiger partial charge in [0.1, 0.15) is 11.5 Å². The number of phenolic OH excluding ortho intramolecular Hbond substituents is 1. The Balaban J connectivity index is 2.18. The van der Waals surface area contributed by atoms with Gasteiger partial charge in [-0.1, -0.05) is 6.07 Å². The van der Waals surface area contributed by atoms with Gasteiger partial charge >= 0.3 is 0 Å². The number of nitro groups is 1. The van der Waals surface area contributed by atoms with Crippen LogP contribution in [0.15, 0.2) is 36.4 Å². The van der Waals surface area contributed by atoms with E-state index in [1.807, 2.05) is 0 Å². The average Bonchev–Trinajstić information content (AvgIpc) is 2.41. The molecule has 104 valence electrons. The summed E-state index contributed by atoms with van der Waals surface area (Å²) in [7, 11) is 0. The van der Waals surface area contributed by atoms with Gasteiger partial charge in [0.15, 0.2) is 11.6 Å². The zero-order valence-corrected chi connectivity index (χ0v) is 10.1. The first kappa shape index (κ1) is 13.7. The summed E-state index contributed by atoms with van der Waals surface area (Å²) in [6, 6.07) is 6.90. The highest BCUT2D eigenvalue weighted by atomic mass is 19.1. The molecule has 2 aromatic rings. The molecule has 0 radical (unpaired) electrons. The number of benzene rings is 2. The van der Waals surface area contributed by atoms with E-state index in [4.69, 9.17) is 5.11 Å². The minimum atomic E-state index is -0.780. The minimum Gasteiger partial charge on any atom is -0.505 e. The van der Waals surface area contributed by atoms with E-state index >= 15 is 0 Å². The molecule has 0 saturated carbocycles. The smallest absolute Gasteiger partial charge is 0.295 e. The van der Waals surface area contributed by atoms with Crippen LogP contribution in [0.2, 0.25) is 0 Å². The molecule has 0 fully saturated rings. The first-order valence-corrected chi connectivity index (χ1v) is 5.62. The molecule has 0 aliphatic heterocycles. The van der Waals surface area contributed by atoms with Gasteiger partial charge in [-0.05, 0) is 29.8 Å². The molecule has 0 unspecified atom stereocenters. The molecular weight excluding hydrogens is 270 g/mol. The van der Waals surface area contributed by atoms with Crippen LogP contribution in [0.3, 0.4) is 0 Å². The Morgan fingerprint density at radius 2 is 1.95 bits per heavy atom. The number of halogens is 2. The lowest BCUT2D eigenvalue weighted by atomic mass is 10.2. The van der Waals surface area contributed by atoms with Crippen LogP contribution in [0.25, 0.3) is 0 Å². The molecule has 20 heavy (non-hydrogen) atoms.